The summed E-state index contributed by atoms with van der Waals surface area (Å²) in [4.78, 5) is 24.6. The fraction of sp³-hybridized carbons (Fsp3) is 0.467. The first kappa shape index (κ1) is 16.0. The summed E-state index contributed by atoms with van der Waals surface area (Å²) in [6.07, 6.45) is 1.07. The molecule has 0 saturated heterocycles. The molecule has 20 heavy (non-hydrogen) atoms. The summed E-state index contributed by atoms with van der Waals surface area (Å²) < 4.78 is 4.83. The second kappa shape index (κ2) is 8.19. The molecule has 1 rings (SSSR count). The van der Waals surface area contributed by atoms with Gasteiger partial charge in [-0.25, -0.2) is 0 Å². The lowest BCUT2D eigenvalue weighted by atomic mass is 10.2. The van der Waals surface area contributed by atoms with Crippen LogP contribution in [0.15, 0.2) is 24.3 Å². The average Bonchev–Trinajstić information content (AvgIpc) is 2.43. The minimum atomic E-state index is -0.335. The number of rotatable bonds is 7. The first-order valence-electron chi connectivity index (χ1n) is 6.71. The van der Waals surface area contributed by atoms with Crippen molar-refractivity contribution in [1.29, 1.82) is 0 Å². The number of benzene rings is 1. The van der Waals surface area contributed by atoms with Crippen molar-refractivity contribution in [3.05, 3.63) is 29.8 Å². The van der Waals surface area contributed by atoms with Crippen molar-refractivity contribution in [2.45, 2.75) is 26.3 Å². The molecule has 5 heteroatoms. The Labute approximate surface area is 119 Å². The Morgan fingerprint density at radius 3 is 2.40 bits per heavy atom. The van der Waals surface area contributed by atoms with Crippen LogP contribution < -0.4 is 10.2 Å². The summed E-state index contributed by atoms with van der Waals surface area (Å²) >= 11 is 0. The molecule has 0 aromatic heterocycles. The topological polar surface area (TPSA) is 58.6 Å². The van der Waals surface area contributed by atoms with Gasteiger partial charge in [0.15, 0.2) is 6.61 Å². The summed E-state index contributed by atoms with van der Waals surface area (Å²) in [5.41, 5.74) is 2.11. The van der Waals surface area contributed by atoms with E-state index in [4.69, 9.17) is 4.74 Å². The average molecular weight is 278 g/mol. The number of anilines is 1. The van der Waals surface area contributed by atoms with Crippen LogP contribution in [-0.4, -0.2) is 32.6 Å². The summed E-state index contributed by atoms with van der Waals surface area (Å²) in [7, 11) is 3.95. The Balaban J connectivity index is 2.32. The molecule has 0 atom stereocenters. The van der Waals surface area contributed by atoms with Crippen LogP contribution in [-0.2, 0) is 20.9 Å². The van der Waals surface area contributed by atoms with E-state index in [1.54, 1.807) is 0 Å². The van der Waals surface area contributed by atoms with Gasteiger partial charge >= 0.3 is 5.97 Å². The van der Waals surface area contributed by atoms with E-state index >= 15 is 0 Å². The molecule has 0 unspecified atom stereocenters. The molecule has 0 aliphatic heterocycles. The lowest BCUT2D eigenvalue weighted by molar-refractivity contribution is -0.148. The Bertz CT molecular complexity index is 441. The maximum Gasteiger partial charge on any atom is 0.306 e. The van der Waals surface area contributed by atoms with Crippen molar-refractivity contribution in [3.8, 4) is 0 Å². The van der Waals surface area contributed by atoms with Gasteiger partial charge < -0.3 is 15.0 Å². The van der Waals surface area contributed by atoms with E-state index in [0.717, 1.165) is 17.7 Å². The molecule has 1 aromatic rings. The number of amides is 1. The van der Waals surface area contributed by atoms with Gasteiger partial charge in [0.1, 0.15) is 0 Å². The summed E-state index contributed by atoms with van der Waals surface area (Å²) in [6, 6.07) is 7.89. The SMILES string of the molecule is CCCC(=O)OCC(=O)NCc1ccc(N(C)C)cc1. The lowest BCUT2D eigenvalue weighted by Crippen LogP contribution is -2.28. The fourth-order valence-corrected chi connectivity index (χ4v) is 1.59. The van der Waals surface area contributed by atoms with Crippen LogP contribution in [0.3, 0.4) is 0 Å². The van der Waals surface area contributed by atoms with E-state index in [1.165, 1.54) is 0 Å². The Morgan fingerprint density at radius 1 is 1.20 bits per heavy atom. The number of carbonyl (C=O) groups excluding carboxylic acids is 2. The number of carbonyl (C=O) groups is 2. The second-order valence-electron chi connectivity index (χ2n) is 4.75. The van der Waals surface area contributed by atoms with E-state index in [-0.39, 0.29) is 18.5 Å². The predicted octanol–water partition coefficient (Wildman–Crippen LogP) is 1.71. The van der Waals surface area contributed by atoms with Crippen LogP contribution >= 0.6 is 0 Å². The van der Waals surface area contributed by atoms with Crippen LogP contribution in [0.2, 0.25) is 0 Å². The normalized spacial score (nSPS) is 9.95. The molecule has 110 valence electrons. The van der Waals surface area contributed by atoms with E-state index in [0.29, 0.717) is 13.0 Å². The summed E-state index contributed by atoms with van der Waals surface area (Å²) in [5, 5.41) is 2.72. The van der Waals surface area contributed by atoms with Gasteiger partial charge in [0, 0.05) is 32.7 Å². The Kier molecular flexibility index (Phi) is 6.56. The van der Waals surface area contributed by atoms with Gasteiger partial charge in [-0.05, 0) is 24.1 Å². The molecule has 1 amide bonds. The lowest BCUT2D eigenvalue weighted by Gasteiger charge is -2.13. The van der Waals surface area contributed by atoms with Gasteiger partial charge in [-0.3, -0.25) is 9.59 Å². The number of hydrogen-bond donors (Lipinski definition) is 1. The highest BCUT2D eigenvalue weighted by Gasteiger charge is 2.06. The number of nitrogens with one attached hydrogen (secondary N) is 1. The molecule has 1 aromatic carbocycles. The number of ether oxygens (including phenoxy) is 1. The molecule has 0 fully saturated rings. The predicted molar refractivity (Wildman–Crippen MR) is 78.5 cm³/mol. The number of esters is 1. The largest absolute Gasteiger partial charge is 0.456 e. The van der Waals surface area contributed by atoms with Crippen molar-refractivity contribution in [2.24, 2.45) is 0 Å². The number of nitrogens with zero attached hydrogens (tertiary/aromatic N) is 1. The first-order valence-corrected chi connectivity index (χ1v) is 6.71. The standard InChI is InChI=1S/C15H22N2O3/c1-4-5-15(19)20-11-14(18)16-10-12-6-8-13(9-7-12)17(2)3/h6-9H,4-5,10-11H2,1-3H3,(H,16,18). The van der Waals surface area contributed by atoms with Crippen LogP contribution in [0, 0.1) is 0 Å². The molecule has 0 aliphatic carbocycles. The highest BCUT2D eigenvalue weighted by molar-refractivity contribution is 5.80. The third-order valence-corrected chi connectivity index (χ3v) is 2.76. The maximum atomic E-state index is 11.5. The van der Waals surface area contributed by atoms with Gasteiger partial charge in [-0.1, -0.05) is 19.1 Å². The van der Waals surface area contributed by atoms with E-state index in [1.807, 2.05) is 50.2 Å². The molecular weight excluding hydrogens is 256 g/mol. The van der Waals surface area contributed by atoms with Crippen molar-refractivity contribution >= 4 is 17.6 Å². The number of hydrogen-bond acceptors (Lipinski definition) is 4. The minimum absolute atomic E-state index is 0.214. The summed E-state index contributed by atoms with van der Waals surface area (Å²) in [5.74, 6) is -0.621. The zero-order chi connectivity index (χ0) is 15.0. The highest BCUT2D eigenvalue weighted by Crippen LogP contribution is 2.11. The molecule has 0 aliphatic rings. The van der Waals surface area contributed by atoms with Gasteiger partial charge in [0.2, 0.25) is 0 Å². The molecule has 0 radical (unpaired) electrons. The molecule has 0 spiro atoms. The van der Waals surface area contributed by atoms with Crippen molar-refractivity contribution in [1.82, 2.24) is 5.32 Å². The third-order valence-electron chi connectivity index (χ3n) is 2.76. The molecule has 1 N–H and O–H groups in total. The van der Waals surface area contributed by atoms with Gasteiger partial charge in [-0.2, -0.15) is 0 Å². The van der Waals surface area contributed by atoms with Crippen molar-refractivity contribution < 1.29 is 14.3 Å². The zero-order valence-corrected chi connectivity index (χ0v) is 12.3. The smallest absolute Gasteiger partial charge is 0.306 e. The van der Waals surface area contributed by atoms with Crippen molar-refractivity contribution in [2.75, 3.05) is 25.6 Å². The maximum absolute atomic E-state index is 11.5. The van der Waals surface area contributed by atoms with E-state index in [9.17, 15) is 9.59 Å². The molecule has 0 bridgehead atoms. The summed E-state index contributed by atoms with van der Waals surface area (Å²) in [6.45, 7) is 2.10. The quantitative estimate of drug-likeness (QED) is 0.771. The first-order chi connectivity index (χ1) is 9.52. The molecule has 0 saturated carbocycles. The monoisotopic (exact) mass is 278 g/mol. The van der Waals surface area contributed by atoms with Crippen molar-refractivity contribution in [3.63, 3.8) is 0 Å². The Morgan fingerprint density at radius 2 is 1.85 bits per heavy atom. The van der Waals surface area contributed by atoms with Gasteiger partial charge in [-0.15, -0.1) is 0 Å². The van der Waals surface area contributed by atoms with Gasteiger partial charge in [0.25, 0.3) is 5.91 Å². The second-order valence-corrected chi connectivity index (χ2v) is 4.75. The van der Waals surface area contributed by atoms with Gasteiger partial charge in [0.05, 0.1) is 0 Å². The van der Waals surface area contributed by atoms with Crippen LogP contribution in [0.5, 0.6) is 0 Å². The van der Waals surface area contributed by atoms with Crippen LogP contribution in [0.1, 0.15) is 25.3 Å². The van der Waals surface area contributed by atoms with Crippen LogP contribution in [0.25, 0.3) is 0 Å². The molecular formula is C15H22N2O3. The fourth-order valence-electron chi connectivity index (χ4n) is 1.59. The highest BCUT2D eigenvalue weighted by atomic mass is 16.5. The van der Waals surface area contributed by atoms with Crippen LogP contribution in [0.4, 0.5) is 5.69 Å². The van der Waals surface area contributed by atoms with E-state index < -0.39 is 0 Å². The Hall–Kier alpha value is -2.04. The molecule has 5 nitrogen and oxygen atoms in total. The zero-order valence-electron chi connectivity index (χ0n) is 12.3. The van der Waals surface area contributed by atoms with E-state index in [2.05, 4.69) is 5.32 Å². The molecule has 0 heterocycles. The third kappa shape index (κ3) is 5.73. The minimum Gasteiger partial charge on any atom is -0.456 e.